The molecular weight excluding hydrogens is 337 g/mol. The molecule has 0 saturated heterocycles. The number of ether oxygens (including phenoxy) is 1. The third kappa shape index (κ3) is 5.40. The molecule has 23 heavy (non-hydrogen) atoms. The second kappa shape index (κ2) is 8.55. The lowest BCUT2D eigenvalue weighted by Gasteiger charge is -2.32. The predicted octanol–water partition coefficient (Wildman–Crippen LogP) is 4.11. The largest absolute Gasteiger partial charge is 0.452 e. The van der Waals surface area contributed by atoms with Gasteiger partial charge < -0.3 is 9.64 Å². The molecule has 128 valence electrons. The number of hydrogen-bond acceptors (Lipinski definition) is 3. The summed E-state index contributed by atoms with van der Waals surface area (Å²) in [6.07, 6.45) is -0.923. The fourth-order valence-electron chi connectivity index (χ4n) is 2.45. The Balaban J connectivity index is 2.75. The van der Waals surface area contributed by atoms with E-state index in [4.69, 9.17) is 27.9 Å². The van der Waals surface area contributed by atoms with Crippen LogP contribution in [-0.2, 0) is 20.7 Å². The Kier molecular flexibility index (Phi) is 7.36. The van der Waals surface area contributed by atoms with E-state index in [2.05, 4.69) is 0 Å². The van der Waals surface area contributed by atoms with Crippen LogP contribution in [0.3, 0.4) is 0 Å². The standard InChI is InChI=1S/C17H23Cl2NO3/c1-10(2)20(11(3)4)17(22)12(5)23-16(21)9-13-14(18)7-6-8-15(13)19/h6-8,10-12H,9H2,1-5H3. The van der Waals surface area contributed by atoms with Gasteiger partial charge >= 0.3 is 5.97 Å². The molecule has 4 nitrogen and oxygen atoms in total. The van der Waals surface area contributed by atoms with E-state index in [1.807, 2.05) is 27.7 Å². The van der Waals surface area contributed by atoms with Crippen LogP contribution < -0.4 is 0 Å². The first-order valence-electron chi connectivity index (χ1n) is 7.59. The molecule has 0 spiro atoms. The summed E-state index contributed by atoms with van der Waals surface area (Å²) in [4.78, 5) is 26.2. The zero-order valence-electron chi connectivity index (χ0n) is 14.1. The van der Waals surface area contributed by atoms with Crippen LogP contribution >= 0.6 is 23.2 Å². The summed E-state index contributed by atoms with van der Waals surface area (Å²) in [5.74, 6) is -0.748. The van der Waals surface area contributed by atoms with E-state index in [1.54, 1.807) is 30.0 Å². The van der Waals surface area contributed by atoms with Gasteiger partial charge in [-0.2, -0.15) is 0 Å². The minimum atomic E-state index is -0.853. The Bertz CT molecular complexity index is 545. The van der Waals surface area contributed by atoms with Crippen molar-refractivity contribution in [3.63, 3.8) is 0 Å². The zero-order chi connectivity index (χ0) is 17.7. The van der Waals surface area contributed by atoms with Gasteiger partial charge in [-0.3, -0.25) is 9.59 Å². The van der Waals surface area contributed by atoms with Crippen LogP contribution in [0.2, 0.25) is 10.0 Å². The summed E-state index contributed by atoms with van der Waals surface area (Å²) >= 11 is 12.1. The van der Waals surface area contributed by atoms with Crippen molar-refractivity contribution in [1.82, 2.24) is 4.90 Å². The molecule has 0 aromatic heterocycles. The van der Waals surface area contributed by atoms with E-state index < -0.39 is 12.1 Å². The first-order chi connectivity index (χ1) is 10.6. The Morgan fingerprint density at radius 1 is 1.04 bits per heavy atom. The first-order valence-corrected chi connectivity index (χ1v) is 8.35. The summed E-state index contributed by atoms with van der Waals surface area (Å²) in [5.41, 5.74) is 0.505. The number of nitrogens with zero attached hydrogens (tertiary/aromatic N) is 1. The molecule has 0 N–H and O–H groups in total. The van der Waals surface area contributed by atoms with Crippen molar-refractivity contribution < 1.29 is 14.3 Å². The fourth-order valence-corrected chi connectivity index (χ4v) is 2.98. The molecule has 0 aliphatic carbocycles. The highest BCUT2D eigenvalue weighted by Gasteiger charge is 2.27. The van der Waals surface area contributed by atoms with Crippen molar-refractivity contribution in [2.75, 3.05) is 0 Å². The van der Waals surface area contributed by atoms with Crippen LogP contribution in [0, 0.1) is 0 Å². The maximum atomic E-state index is 12.4. The molecule has 1 aromatic rings. The zero-order valence-corrected chi connectivity index (χ0v) is 15.6. The normalized spacial score (nSPS) is 12.4. The van der Waals surface area contributed by atoms with E-state index in [0.29, 0.717) is 15.6 Å². The van der Waals surface area contributed by atoms with Gasteiger partial charge in [-0.1, -0.05) is 29.3 Å². The van der Waals surface area contributed by atoms with E-state index in [1.165, 1.54) is 0 Å². The molecule has 1 aromatic carbocycles. The third-order valence-electron chi connectivity index (χ3n) is 3.41. The number of hydrogen-bond donors (Lipinski definition) is 0. The molecule has 0 bridgehead atoms. The number of amides is 1. The first kappa shape index (κ1) is 19.8. The van der Waals surface area contributed by atoms with Gasteiger partial charge in [-0.05, 0) is 46.8 Å². The molecule has 0 aliphatic rings. The number of esters is 1. The highest BCUT2D eigenvalue weighted by molar-refractivity contribution is 6.36. The van der Waals surface area contributed by atoms with Gasteiger partial charge in [0.25, 0.3) is 5.91 Å². The van der Waals surface area contributed by atoms with E-state index in [9.17, 15) is 9.59 Å². The summed E-state index contributed by atoms with van der Waals surface area (Å²) in [6.45, 7) is 9.28. The minimum Gasteiger partial charge on any atom is -0.452 e. The van der Waals surface area contributed by atoms with E-state index in [-0.39, 0.29) is 24.4 Å². The van der Waals surface area contributed by atoms with Gasteiger partial charge in [0.15, 0.2) is 6.10 Å². The smallest absolute Gasteiger partial charge is 0.311 e. The average molecular weight is 360 g/mol. The topological polar surface area (TPSA) is 46.6 Å². The van der Waals surface area contributed by atoms with Crippen LogP contribution in [0.5, 0.6) is 0 Å². The maximum Gasteiger partial charge on any atom is 0.311 e. The molecule has 1 amide bonds. The number of carbonyl (C=O) groups excluding carboxylic acids is 2. The molecule has 0 heterocycles. The molecule has 1 unspecified atom stereocenters. The van der Waals surface area contributed by atoms with E-state index >= 15 is 0 Å². The van der Waals surface area contributed by atoms with Crippen LogP contribution in [0.25, 0.3) is 0 Å². The Labute approximate surface area is 147 Å². The van der Waals surface area contributed by atoms with Crippen molar-refractivity contribution in [3.8, 4) is 0 Å². The second-order valence-electron chi connectivity index (χ2n) is 5.94. The van der Waals surface area contributed by atoms with Gasteiger partial charge in [0.2, 0.25) is 0 Å². The lowest BCUT2D eigenvalue weighted by atomic mass is 10.1. The Hall–Kier alpha value is -1.26. The molecule has 1 rings (SSSR count). The highest BCUT2D eigenvalue weighted by atomic mass is 35.5. The van der Waals surface area contributed by atoms with Crippen molar-refractivity contribution in [2.24, 2.45) is 0 Å². The summed E-state index contributed by atoms with van der Waals surface area (Å²) in [5, 5.41) is 0.804. The number of carbonyl (C=O) groups is 2. The average Bonchev–Trinajstić information content (AvgIpc) is 2.42. The van der Waals surface area contributed by atoms with Crippen molar-refractivity contribution >= 4 is 35.1 Å². The maximum absolute atomic E-state index is 12.4. The van der Waals surface area contributed by atoms with Crippen LogP contribution in [0.4, 0.5) is 0 Å². The van der Waals surface area contributed by atoms with Gasteiger partial charge in [-0.15, -0.1) is 0 Å². The third-order valence-corrected chi connectivity index (χ3v) is 4.11. The molecule has 0 saturated carbocycles. The molecule has 0 aliphatic heterocycles. The van der Waals surface area contributed by atoms with Crippen LogP contribution in [0.15, 0.2) is 18.2 Å². The van der Waals surface area contributed by atoms with Crippen LogP contribution in [-0.4, -0.2) is 35.0 Å². The second-order valence-corrected chi connectivity index (χ2v) is 6.76. The van der Waals surface area contributed by atoms with Gasteiger partial charge in [0.1, 0.15) is 0 Å². The number of benzene rings is 1. The van der Waals surface area contributed by atoms with Gasteiger partial charge in [0, 0.05) is 27.7 Å². The molecule has 0 radical (unpaired) electrons. The minimum absolute atomic E-state index is 0.0293. The SMILES string of the molecule is CC(OC(=O)Cc1c(Cl)cccc1Cl)C(=O)N(C(C)C)C(C)C. The molecule has 6 heteroatoms. The summed E-state index contributed by atoms with van der Waals surface area (Å²) < 4.78 is 5.26. The Morgan fingerprint density at radius 2 is 1.52 bits per heavy atom. The monoisotopic (exact) mass is 359 g/mol. The van der Waals surface area contributed by atoms with Crippen molar-refractivity contribution in [2.45, 2.75) is 59.2 Å². The fraction of sp³-hybridized carbons (Fsp3) is 0.529. The van der Waals surface area contributed by atoms with Crippen LogP contribution in [0.1, 0.15) is 40.2 Å². The summed E-state index contributed by atoms with van der Waals surface area (Å²) in [6, 6.07) is 5.08. The molecular formula is C17H23Cl2NO3. The van der Waals surface area contributed by atoms with Gasteiger partial charge in [0.05, 0.1) is 6.42 Å². The predicted molar refractivity (Wildman–Crippen MR) is 92.8 cm³/mol. The lowest BCUT2D eigenvalue weighted by Crippen LogP contribution is -2.47. The van der Waals surface area contributed by atoms with Crippen molar-refractivity contribution in [3.05, 3.63) is 33.8 Å². The van der Waals surface area contributed by atoms with Gasteiger partial charge in [-0.25, -0.2) is 0 Å². The van der Waals surface area contributed by atoms with Crippen molar-refractivity contribution in [1.29, 1.82) is 0 Å². The number of halogens is 2. The molecule has 1 atom stereocenters. The quantitative estimate of drug-likeness (QED) is 0.717. The summed E-state index contributed by atoms with van der Waals surface area (Å²) in [7, 11) is 0. The Morgan fingerprint density at radius 3 is 1.96 bits per heavy atom. The highest BCUT2D eigenvalue weighted by Crippen LogP contribution is 2.25. The lowest BCUT2D eigenvalue weighted by molar-refractivity contribution is -0.160. The van der Waals surface area contributed by atoms with E-state index in [0.717, 1.165) is 0 Å². The molecule has 0 fully saturated rings. The number of rotatable bonds is 6.